The van der Waals surface area contributed by atoms with Gasteiger partial charge in [-0.2, -0.15) is 0 Å². The third-order valence-electron chi connectivity index (χ3n) is 1.90. The molecule has 0 aliphatic carbocycles. The zero-order chi connectivity index (χ0) is 12.1. The fraction of sp³-hybridized carbons (Fsp3) is 0.182. The Morgan fingerprint density at radius 2 is 2.12 bits per heavy atom. The summed E-state index contributed by atoms with van der Waals surface area (Å²) in [5, 5.41) is 0.789. The molecule has 17 heavy (non-hydrogen) atoms. The molecule has 0 N–H and O–H groups in total. The third-order valence-corrected chi connectivity index (χ3v) is 3.58. The van der Waals surface area contributed by atoms with Gasteiger partial charge in [0.05, 0.1) is 6.20 Å². The summed E-state index contributed by atoms with van der Waals surface area (Å²) < 4.78 is 7.48. The standard InChI is InChI=1S/C11H11IN2O2S/c1-15-8-16-14-10(12)7-13-11(14)17-9-5-3-2-4-6-9/h2-7H,8H2,1H3. The summed E-state index contributed by atoms with van der Waals surface area (Å²) in [4.78, 5) is 10.9. The van der Waals surface area contributed by atoms with Crippen molar-refractivity contribution in [2.75, 3.05) is 13.9 Å². The van der Waals surface area contributed by atoms with Crippen LogP contribution >= 0.6 is 34.4 Å². The summed E-state index contributed by atoms with van der Waals surface area (Å²) >= 11 is 3.72. The van der Waals surface area contributed by atoms with Crippen LogP contribution in [0.4, 0.5) is 0 Å². The molecule has 2 aromatic rings. The maximum atomic E-state index is 5.43. The highest BCUT2D eigenvalue weighted by atomic mass is 127. The number of methoxy groups -OCH3 is 1. The van der Waals surface area contributed by atoms with Gasteiger partial charge >= 0.3 is 0 Å². The van der Waals surface area contributed by atoms with Crippen molar-refractivity contribution in [1.82, 2.24) is 9.71 Å². The summed E-state index contributed by atoms with van der Waals surface area (Å²) in [7, 11) is 1.59. The van der Waals surface area contributed by atoms with Gasteiger partial charge in [-0.15, -0.1) is 4.73 Å². The molecule has 2 rings (SSSR count). The van der Waals surface area contributed by atoms with Crippen molar-refractivity contribution >= 4 is 34.4 Å². The van der Waals surface area contributed by atoms with Crippen LogP contribution < -0.4 is 4.84 Å². The van der Waals surface area contributed by atoms with Crippen molar-refractivity contribution in [3.05, 3.63) is 40.2 Å². The Balaban J connectivity index is 2.15. The largest absolute Gasteiger partial charge is 0.382 e. The third kappa shape index (κ3) is 3.36. The van der Waals surface area contributed by atoms with Crippen molar-refractivity contribution in [3.63, 3.8) is 0 Å². The van der Waals surface area contributed by atoms with Crippen LogP contribution in [0.15, 0.2) is 46.6 Å². The van der Waals surface area contributed by atoms with Crippen molar-refractivity contribution in [1.29, 1.82) is 0 Å². The van der Waals surface area contributed by atoms with Crippen LogP contribution in [-0.2, 0) is 4.74 Å². The van der Waals surface area contributed by atoms with Gasteiger partial charge in [0, 0.05) is 12.0 Å². The molecule has 0 amide bonds. The second-order valence-corrected chi connectivity index (χ2v) is 5.25. The van der Waals surface area contributed by atoms with Gasteiger partial charge in [-0.25, -0.2) is 4.98 Å². The molecule has 0 saturated carbocycles. The molecule has 0 saturated heterocycles. The van der Waals surface area contributed by atoms with Gasteiger partial charge in [0.2, 0.25) is 11.9 Å². The number of halogens is 1. The predicted molar refractivity (Wildman–Crippen MR) is 74.0 cm³/mol. The molecule has 0 aliphatic rings. The van der Waals surface area contributed by atoms with Crippen LogP contribution in [0.5, 0.6) is 0 Å². The molecule has 0 unspecified atom stereocenters. The van der Waals surface area contributed by atoms with Gasteiger partial charge in [0.25, 0.3) is 0 Å². The van der Waals surface area contributed by atoms with E-state index >= 15 is 0 Å². The maximum Gasteiger partial charge on any atom is 0.214 e. The van der Waals surface area contributed by atoms with Crippen LogP contribution in [0.3, 0.4) is 0 Å². The van der Waals surface area contributed by atoms with E-state index in [0.29, 0.717) is 0 Å². The second kappa shape index (κ2) is 6.27. The fourth-order valence-corrected chi connectivity index (χ4v) is 2.70. The first kappa shape index (κ1) is 12.7. The Labute approximate surface area is 117 Å². The summed E-state index contributed by atoms with van der Waals surface area (Å²) in [6.45, 7) is 0.203. The molecule has 0 radical (unpaired) electrons. The number of ether oxygens (including phenoxy) is 1. The van der Waals surface area contributed by atoms with Gasteiger partial charge in [-0.3, -0.25) is 0 Å². The summed E-state index contributed by atoms with van der Waals surface area (Å²) in [5.74, 6) is 0. The van der Waals surface area contributed by atoms with Crippen LogP contribution in [0, 0.1) is 3.70 Å². The molecule has 90 valence electrons. The lowest BCUT2D eigenvalue weighted by Gasteiger charge is -2.09. The Kier molecular flexibility index (Phi) is 4.69. The van der Waals surface area contributed by atoms with E-state index in [0.717, 1.165) is 13.8 Å². The van der Waals surface area contributed by atoms with Gasteiger partial charge < -0.3 is 9.57 Å². The van der Waals surface area contributed by atoms with Crippen LogP contribution in [0.1, 0.15) is 0 Å². The summed E-state index contributed by atoms with van der Waals surface area (Å²) in [5.41, 5.74) is 0. The average molecular weight is 362 g/mol. The predicted octanol–water partition coefficient (Wildman–Crippen LogP) is 2.67. The van der Waals surface area contributed by atoms with Gasteiger partial charge in [-0.05, 0) is 46.5 Å². The molecule has 1 heterocycles. The molecular weight excluding hydrogens is 351 g/mol. The zero-order valence-corrected chi connectivity index (χ0v) is 12.1. The Bertz CT molecular complexity index is 476. The lowest BCUT2D eigenvalue weighted by molar-refractivity contribution is -0.0497. The minimum absolute atomic E-state index is 0.203. The highest BCUT2D eigenvalue weighted by molar-refractivity contribution is 14.1. The van der Waals surface area contributed by atoms with E-state index in [1.165, 1.54) is 0 Å². The molecule has 0 fully saturated rings. The highest BCUT2D eigenvalue weighted by Gasteiger charge is 2.10. The van der Waals surface area contributed by atoms with E-state index in [1.54, 1.807) is 29.8 Å². The fourth-order valence-electron chi connectivity index (χ4n) is 1.19. The molecule has 0 aliphatic heterocycles. The Morgan fingerprint density at radius 3 is 2.82 bits per heavy atom. The second-order valence-electron chi connectivity index (χ2n) is 3.11. The molecule has 0 spiro atoms. The minimum Gasteiger partial charge on any atom is -0.382 e. The molecule has 4 nitrogen and oxygen atoms in total. The molecular formula is C11H11IN2O2S. The quantitative estimate of drug-likeness (QED) is 0.605. The summed E-state index contributed by atoms with van der Waals surface area (Å²) in [6.07, 6.45) is 1.77. The molecule has 1 aromatic carbocycles. The Hall–Kier alpha value is -0.730. The first-order valence-corrected chi connectivity index (χ1v) is 6.79. The average Bonchev–Trinajstić information content (AvgIpc) is 2.69. The number of benzene rings is 1. The van der Waals surface area contributed by atoms with Crippen molar-refractivity contribution in [2.24, 2.45) is 0 Å². The van der Waals surface area contributed by atoms with E-state index in [1.807, 2.05) is 30.3 Å². The van der Waals surface area contributed by atoms with E-state index in [9.17, 15) is 0 Å². The van der Waals surface area contributed by atoms with E-state index in [4.69, 9.17) is 9.57 Å². The minimum atomic E-state index is 0.203. The molecule has 6 heteroatoms. The van der Waals surface area contributed by atoms with Crippen molar-refractivity contribution in [2.45, 2.75) is 10.1 Å². The first-order valence-electron chi connectivity index (χ1n) is 4.89. The van der Waals surface area contributed by atoms with E-state index in [2.05, 4.69) is 27.6 Å². The lowest BCUT2D eigenvalue weighted by atomic mass is 10.4. The number of rotatable bonds is 5. The monoisotopic (exact) mass is 362 g/mol. The smallest absolute Gasteiger partial charge is 0.214 e. The SMILES string of the molecule is COCOn1c(I)cnc1Sc1ccccc1. The number of nitrogens with zero attached hydrogens (tertiary/aromatic N) is 2. The van der Waals surface area contributed by atoms with Gasteiger partial charge in [0.15, 0.2) is 0 Å². The molecule has 1 aromatic heterocycles. The van der Waals surface area contributed by atoms with Crippen molar-refractivity contribution < 1.29 is 9.57 Å². The van der Waals surface area contributed by atoms with Crippen LogP contribution in [-0.4, -0.2) is 23.6 Å². The highest BCUT2D eigenvalue weighted by Crippen LogP contribution is 2.26. The number of imidazole rings is 1. The number of hydrogen-bond donors (Lipinski definition) is 0. The lowest BCUT2D eigenvalue weighted by Crippen LogP contribution is -2.16. The van der Waals surface area contributed by atoms with Crippen LogP contribution in [0.25, 0.3) is 0 Å². The topological polar surface area (TPSA) is 36.3 Å². The Morgan fingerprint density at radius 1 is 1.35 bits per heavy atom. The van der Waals surface area contributed by atoms with Gasteiger partial charge in [-0.1, -0.05) is 18.2 Å². The first-order chi connectivity index (χ1) is 8.31. The van der Waals surface area contributed by atoms with Gasteiger partial charge in [0.1, 0.15) is 3.70 Å². The molecule has 0 atom stereocenters. The number of hydrogen-bond acceptors (Lipinski definition) is 4. The normalized spacial score (nSPS) is 10.5. The summed E-state index contributed by atoms with van der Waals surface area (Å²) in [6, 6.07) is 10.1. The van der Waals surface area contributed by atoms with E-state index < -0.39 is 0 Å². The zero-order valence-electron chi connectivity index (χ0n) is 9.17. The maximum absolute atomic E-state index is 5.43. The van der Waals surface area contributed by atoms with E-state index in [-0.39, 0.29) is 6.79 Å². The molecule has 0 bridgehead atoms. The van der Waals surface area contributed by atoms with Crippen LogP contribution in [0.2, 0.25) is 0 Å². The number of aromatic nitrogens is 2. The van der Waals surface area contributed by atoms with Crippen molar-refractivity contribution in [3.8, 4) is 0 Å².